The van der Waals surface area contributed by atoms with Gasteiger partial charge in [0.05, 0.1) is 11.1 Å². The molecule has 0 amide bonds. The summed E-state index contributed by atoms with van der Waals surface area (Å²) in [4.78, 5) is 24.9. The van der Waals surface area contributed by atoms with Crippen molar-refractivity contribution in [2.45, 2.75) is 39.3 Å². The van der Waals surface area contributed by atoms with Crippen LogP contribution in [-0.2, 0) is 6.54 Å². The molecule has 0 spiro atoms. The second-order valence-electron chi connectivity index (χ2n) is 4.19. The van der Waals surface area contributed by atoms with Crippen molar-refractivity contribution in [1.82, 2.24) is 14.9 Å². The van der Waals surface area contributed by atoms with Gasteiger partial charge < -0.3 is 5.32 Å². The molecule has 1 aromatic rings. The van der Waals surface area contributed by atoms with Gasteiger partial charge >= 0.3 is 11.4 Å². The van der Waals surface area contributed by atoms with Gasteiger partial charge in [-0.05, 0) is 13.3 Å². The Hall–Kier alpha value is -1.76. The highest BCUT2D eigenvalue weighted by atomic mass is 16.6. The van der Waals surface area contributed by atoms with E-state index in [0.717, 1.165) is 19.0 Å². The summed E-state index contributed by atoms with van der Waals surface area (Å²) in [6.07, 6.45) is 4.35. The van der Waals surface area contributed by atoms with E-state index in [-0.39, 0.29) is 5.69 Å². The first kappa shape index (κ1) is 14.3. The minimum atomic E-state index is -0.559. The predicted molar refractivity (Wildman–Crippen MR) is 67.5 cm³/mol. The quantitative estimate of drug-likeness (QED) is 0.577. The maximum absolute atomic E-state index is 11.4. The molecule has 0 saturated heterocycles. The maximum Gasteiger partial charge on any atom is 0.348 e. The average molecular weight is 254 g/mol. The third kappa shape index (κ3) is 4.25. The minimum absolute atomic E-state index is 0.170. The Morgan fingerprint density at radius 1 is 1.61 bits per heavy atom. The molecule has 0 aliphatic rings. The van der Waals surface area contributed by atoms with E-state index < -0.39 is 10.6 Å². The molecule has 1 unspecified atom stereocenters. The number of nitrogens with zero attached hydrogens (tertiary/aromatic N) is 3. The fourth-order valence-corrected chi connectivity index (χ4v) is 1.66. The number of rotatable bonds is 7. The van der Waals surface area contributed by atoms with Crippen LogP contribution in [0.2, 0.25) is 0 Å². The van der Waals surface area contributed by atoms with Crippen LogP contribution >= 0.6 is 0 Å². The van der Waals surface area contributed by atoms with Gasteiger partial charge in [0.15, 0.2) is 0 Å². The topological polar surface area (TPSA) is 90.1 Å². The van der Waals surface area contributed by atoms with Gasteiger partial charge in [-0.2, -0.15) is 4.98 Å². The van der Waals surface area contributed by atoms with Gasteiger partial charge in [-0.3, -0.25) is 14.7 Å². The normalized spacial score (nSPS) is 12.3. The lowest BCUT2D eigenvalue weighted by Crippen LogP contribution is -2.32. The van der Waals surface area contributed by atoms with E-state index in [9.17, 15) is 14.9 Å². The molecule has 1 rings (SSSR count). The van der Waals surface area contributed by atoms with E-state index in [0.29, 0.717) is 19.1 Å². The van der Waals surface area contributed by atoms with Gasteiger partial charge in [-0.15, -0.1) is 0 Å². The third-order valence-electron chi connectivity index (χ3n) is 2.62. The highest BCUT2D eigenvalue weighted by molar-refractivity contribution is 5.20. The molecule has 1 N–H and O–H groups in total. The van der Waals surface area contributed by atoms with Gasteiger partial charge in [-0.25, -0.2) is 4.79 Å². The maximum atomic E-state index is 11.4. The standard InChI is InChI=1S/C11H18N4O3/c1-3-4-9(2)12-5-6-14-8-10(15(17)18)7-13-11(14)16/h7-9,12H,3-6H2,1-2H3. The lowest BCUT2D eigenvalue weighted by molar-refractivity contribution is -0.385. The van der Waals surface area contributed by atoms with E-state index >= 15 is 0 Å². The Balaban J connectivity index is 2.59. The average Bonchev–Trinajstić information content (AvgIpc) is 2.31. The predicted octanol–water partition coefficient (Wildman–Crippen LogP) is 0.930. The highest BCUT2D eigenvalue weighted by Crippen LogP contribution is 2.04. The molecule has 7 heteroatoms. The van der Waals surface area contributed by atoms with Crippen molar-refractivity contribution in [2.24, 2.45) is 0 Å². The molecule has 0 bridgehead atoms. The van der Waals surface area contributed by atoms with Crippen molar-refractivity contribution in [3.05, 3.63) is 33.0 Å². The van der Waals surface area contributed by atoms with Crippen molar-refractivity contribution >= 4 is 5.69 Å². The Labute approximate surface area is 105 Å². The molecule has 100 valence electrons. The lowest BCUT2D eigenvalue weighted by Gasteiger charge is -2.12. The molecule has 0 fully saturated rings. The summed E-state index contributed by atoms with van der Waals surface area (Å²) in [6.45, 7) is 5.14. The fraction of sp³-hybridized carbons (Fsp3) is 0.636. The minimum Gasteiger partial charge on any atom is -0.312 e. The first-order chi connectivity index (χ1) is 8.54. The largest absolute Gasteiger partial charge is 0.348 e. The number of hydrogen-bond donors (Lipinski definition) is 1. The Morgan fingerprint density at radius 3 is 2.94 bits per heavy atom. The number of aromatic nitrogens is 2. The Morgan fingerprint density at radius 2 is 2.33 bits per heavy atom. The summed E-state index contributed by atoms with van der Waals surface area (Å²) in [5.41, 5.74) is -0.637. The van der Waals surface area contributed by atoms with Gasteiger partial charge in [0.1, 0.15) is 6.20 Å². The number of hydrogen-bond acceptors (Lipinski definition) is 5. The summed E-state index contributed by atoms with van der Waals surface area (Å²) in [5.74, 6) is 0. The van der Waals surface area contributed by atoms with E-state index in [1.807, 2.05) is 0 Å². The molecule has 1 heterocycles. The smallest absolute Gasteiger partial charge is 0.312 e. The lowest BCUT2D eigenvalue weighted by atomic mass is 10.2. The third-order valence-corrected chi connectivity index (χ3v) is 2.62. The van der Waals surface area contributed by atoms with Gasteiger partial charge in [0.2, 0.25) is 0 Å². The van der Waals surface area contributed by atoms with E-state index in [2.05, 4.69) is 24.1 Å². The summed E-state index contributed by atoms with van der Waals surface area (Å²) in [7, 11) is 0. The summed E-state index contributed by atoms with van der Waals surface area (Å²) >= 11 is 0. The fourth-order valence-electron chi connectivity index (χ4n) is 1.66. The van der Waals surface area contributed by atoms with Crippen LogP contribution in [0.3, 0.4) is 0 Å². The molecular formula is C11H18N4O3. The van der Waals surface area contributed by atoms with Crippen molar-refractivity contribution in [3.8, 4) is 0 Å². The molecule has 18 heavy (non-hydrogen) atoms. The molecule has 1 aromatic heterocycles. The number of nitrogens with one attached hydrogen (secondary N) is 1. The first-order valence-electron chi connectivity index (χ1n) is 5.99. The van der Waals surface area contributed by atoms with Crippen LogP contribution in [0.25, 0.3) is 0 Å². The first-order valence-corrected chi connectivity index (χ1v) is 5.99. The monoisotopic (exact) mass is 254 g/mol. The van der Waals surface area contributed by atoms with Crippen LogP contribution in [0.15, 0.2) is 17.2 Å². The Bertz CT molecular complexity index is 458. The molecule has 0 saturated carbocycles. The zero-order chi connectivity index (χ0) is 13.5. The van der Waals surface area contributed by atoms with Crippen LogP contribution in [0.1, 0.15) is 26.7 Å². The van der Waals surface area contributed by atoms with Crippen LogP contribution in [0.4, 0.5) is 5.69 Å². The van der Waals surface area contributed by atoms with Crippen molar-refractivity contribution in [2.75, 3.05) is 6.54 Å². The van der Waals surface area contributed by atoms with Crippen LogP contribution in [0, 0.1) is 10.1 Å². The van der Waals surface area contributed by atoms with E-state index in [1.54, 1.807) is 0 Å². The molecule has 0 radical (unpaired) electrons. The van der Waals surface area contributed by atoms with Gasteiger partial charge in [0.25, 0.3) is 0 Å². The van der Waals surface area contributed by atoms with Gasteiger partial charge in [0, 0.05) is 19.1 Å². The molecular weight excluding hydrogens is 236 g/mol. The molecule has 0 aliphatic heterocycles. The van der Waals surface area contributed by atoms with Crippen molar-refractivity contribution in [1.29, 1.82) is 0 Å². The Kier molecular flexibility index (Phi) is 5.44. The molecule has 0 aliphatic carbocycles. The molecule has 1 atom stereocenters. The van der Waals surface area contributed by atoms with E-state index in [1.165, 1.54) is 10.8 Å². The summed E-state index contributed by atoms with van der Waals surface area (Å²) in [5, 5.41) is 13.8. The SMILES string of the molecule is CCCC(C)NCCn1cc([N+](=O)[O-])cnc1=O. The summed E-state index contributed by atoms with van der Waals surface area (Å²) in [6, 6.07) is 0.373. The highest BCUT2D eigenvalue weighted by Gasteiger charge is 2.08. The zero-order valence-electron chi connectivity index (χ0n) is 10.6. The van der Waals surface area contributed by atoms with Crippen molar-refractivity contribution in [3.63, 3.8) is 0 Å². The van der Waals surface area contributed by atoms with Crippen LogP contribution in [-0.4, -0.2) is 27.1 Å². The van der Waals surface area contributed by atoms with Crippen LogP contribution in [0.5, 0.6) is 0 Å². The number of nitro groups is 1. The molecule has 0 aromatic carbocycles. The second kappa shape index (κ2) is 6.85. The summed E-state index contributed by atoms with van der Waals surface area (Å²) < 4.78 is 1.25. The van der Waals surface area contributed by atoms with Gasteiger partial charge in [-0.1, -0.05) is 13.3 Å². The zero-order valence-corrected chi connectivity index (χ0v) is 10.6. The molecule has 7 nitrogen and oxygen atoms in total. The van der Waals surface area contributed by atoms with E-state index in [4.69, 9.17) is 0 Å². The van der Waals surface area contributed by atoms with Crippen LogP contribution < -0.4 is 11.0 Å². The van der Waals surface area contributed by atoms with Crippen molar-refractivity contribution < 1.29 is 4.92 Å². The second-order valence-corrected chi connectivity index (χ2v) is 4.19.